The van der Waals surface area contributed by atoms with Gasteiger partial charge in [-0.25, -0.2) is 0 Å². The van der Waals surface area contributed by atoms with Crippen LogP contribution in [0, 0.1) is 0 Å². The molecule has 6 heteroatoms. The van der Waals surface area contributed by atoms with Gasteiger partial charge in [0, 0.05) is 6.54 Å². The molecule has 0 aliphatic carbocycles. The standard InChI is InChI=1S/C14H13N3O2S/c15-14(20)11-3-2-10(7-17-11)16-6-9-1-4-12-13(5-9)19-8-18-12/h1-5,7,16H,6,8H2,(H2,15,20). The summed E-state index contributed by atoms with van der Waals surface area (Å²) in [4.78, 5) is 4.47. The van der Waals surface area contributed by atoms with Crippen LogP contribution in [0.15, 0.2) is 36.5 Å². The zero-order valence-electron chi connectivity index (χ0n) is 10.6. The van der Waals surface area contributed by atoms with Gasteiger partial charge < -0.3 is 20.5 Å². The Morgan fingerprint density at radius 3 is 2.85 bits per heavy atom. The molecule has 0 unspecified atom stereocenters. The molecule has 0 saturated heterocycles. The number of benzene rings is 1. The van der Waals surface area contributed by atoms with Crippen molar-refractivity contribution in [1.29, 1.82) is 0 Å². The first kappa shape index (κ1) is 12.7. The van der Waals surface area contributed by atoms with Gasteiger partial charge >= 0.3 is 0 Å². The number of anilines is 1. The molecule has 1 aliphatic rings. The summed E-state index contributed by atoms with van der Waals surface area (Å²) in [6.07, 6.45) is 1.71. The van der Waals surface area contributed by atoms with Crippen LogP contribution in [-0.4, -0.2) is 16.8 Å². The quantitative estimate of drug-likeness (QED) is 0.839. The first-order valence-corrected chi connectivity index (χ1v) is 6.51. The Morgan fingerprint density at radius 1 is 1.25 bits per heavy atom. The van der Waals surface area contributed by atoms with Crippen molar-refractivity contribution in [1.82, 2.24) is 4.98 Å². The van der Waals surface area contributed by atoms with Crippen LogP contribution in [0.25, 0.3) is 0 Å². The number of rotatable bonds is 4. The minimum atomic E-state index is 0.288. The number of nitrogens with one attached hydrogen (secondary N) is 1. The molecule has 1 aromatic carbocycles. The third kappa shape index (κ3) is 2.65. The summed E-state index contributed by atoms with van der Waals surface area (Å²) in [5.74, 6) is 1.57. The maximum absolute atomic E-state index is 5.50. The summed E-state index contributed by atoms with van der Waals surface area (Å²) in [7, 11) is 0. The smallest absolute Gasteiger partial charge is 0.231 e. The Bertz CT molecular complexity index is 643. The molecule has 0 spiro atoms. The minimum Gasteiger partial charge on any atom is -0.454 e. The topological polar surface area (TPSA) is 69.4 Å². The van der Waals surface area contributed by atoms with Crippen LogP contribution in [0.4, 0.5) is 5.69 Å². The van der Waals surface area contributed by atoms with Crippen molar-refractivity contribution >= 4 is 22.9 Å². The summed E-state index contributed by atoms with van der Waals surface area (Å²) in [6, 6.07) is 9.57. The maximum atomic E-state index is 5.50. The zero-order valence-corrected chi connectivity index (χ0v) is 11.4. The number of aromatic nitrogens is 1. The monoisotopic (exact) mass is 287 g/mol. The predicted molar refractivity (Wildman–Crippen MR) is 80.0 cm³/mol. The molecule has 102 valence electrons. The summed E-state index contributed by atoms with van der Waals surface area (Å²) >= 11 is 4.86. The van der Waals surface area contributed by atoms with Crippen LogP contribution < -0.4 is 20.5 Å². The van der Waals surface area contributed by atoms with E-state index in [-0.39, 0.29) is 6.79 Å². The van der Waals surface area contributed by atoms with Gasteiger partial charge in [-0.1, -0.05) is 18.3 Å². The van der Waals surface area contributed by atoms with E-state index in [0.29, 0.717) is 17.2 Å². The molecular formula is C14H13N3O2S. The highest BCUT2D eigenvalue weighted by Gasteiger charge is 2.12. The van der Waals surface area contributed by atoms with Gasteiger partial charge in [0.05, 0.1) is 17.6 Å². The molecule has 0 fully saturated rings. The Balaban J connectivity index is 1.65. The Kier molecular flexibility index (Phi) is 3.39. The molecule has 5 nitrogen and oxygen atoms in total. The van der Waals surface area contributed by atoms with Crippen LogP contribution in [0.2, 0.25) is 0 Å². The summed E-state index contributed by atoms with van der Waals surface area (Å²) < 4.78 is 10.6. The lowest BCUT2D eigenvalue weighted by molar-refractivity contribution is 0.174. The van der Waals surface area contributed by atoms with Crippen LogP contribution >= 0.6 is 12.2 Å². The molecule has 20 heavy (non-hydrogen) atoms. The van der Waals surface area contributed by atoms with Gasteiger partial charge in [-0.05, 0) is 29.8 Å². The molecule has 3 rings (SSSR count). The highest BCUT2D eigenvalue weighted by atomic mass is 32.1. The van der Waals surface area contributed by atoms with Crippen LogP contribution in [0.5, 0.6) is 11.5 Å². The van der Waals surface area contributed by atoms with E-state index in [1.165, 1.54) is 0 Å². The SMILES string of the molecule is NC(=S)c1ccc(NCc2ccc3c(c2)OCO3)cn1. The number of fused-ring (bicyclic) bond motifs is 1. The first-order chi connectivity index (χ1) is 9.72. The van der Waals surface area contributed by atoms with Crippen LogP contribution in [0.1, 0.15) is 11.3 Å². The highest BCUT2D eigenvalue weighted by Crippen LogP contribution is 2.32. The van der Waals surface area contributed by atoms with E-state index in [9.17, 15) is 0 Å². The number of nitrogens with two attached hydrogens (primary N) is 1. The molecule has 0 amide bonds. The fourth-order valence-corrected chi connectivity index (χ4v) is 2.02. The number of ether oxygens (including phenoxy) is 2. The molecule has 1 aromatic heterocycles. The number of hydrogen-bond donors (Lipinski definition) is 2. The van der Waals surface area contributed by atoms with Crippen LogP contribution in [-0.2, 0) is 6.54 Å². The third-order valence-corrected chi connectivity index (χ3v) is 3.16. The number of hydrogen-bond acceptors (Lipinski definition) is 5. The van der Waals surface area contributed by atoms with E-state index >= 15 is 0 Å². The molecular weight excluding hydrogens is 274 g/mol. The van der Waals surface area contributed by atoms with Gasteiger partial charge in [0.15, 0.2) is 11.5 Å². The van der Waals surface area contributed by atoms with E-state index in [2.05, 4.69) is 10.3 Å². The van der Waals surface area contributed by atoms with Crippen molar-refractivity contribution in [3.05, 3.63) is 47.8 Å². The number of nitrogens with zero attached hydrogens (tertiary/aromatic N) is 1. The van der Waals surface area contributed by atoms with Crippen molar-refractivity contribution < 1.29 is 9.47 Å². The second-order valence-electron chi connectivity index (χ2n) is 4.34. The molecule has 0 radical (unpaired) electrons. The second kappa shape index (κ2) is 5.34. The number of pyridine rings is 1. The number of thiocarbonyl (C=S) groups is 1. The predicted octanol–water partition coefficient (Wildman–Crippen LogP) is 2.06. The third-order valence-electron chi connectivity index (χ3n) is 2.95. The van der Waals surface area contributed by atoms with E-state index in [0.717, 1.165) is 22.7 Å². The van der Waals surface area contributed by atoms with Gasteiger partial charge in [0.1, 0.15) is 4.99 Å². The molecule has 2 aromatic rings. The minimum absolute atomic E-state index is 0.288. The lowest BCUT2D eigenvalue weighted by Gasteiger charge is -2.07. The van der Waals surface area contributed by atoms with Crippen molar-refractivity contribution in [3.63, 3.8) is 0 Å². The second-order valence-corrected chi connectivity index (χ2v) is 4.78. The summed E-state index contributed by atoms with van der Waals surface area (Å²) in [6.45, 7) is 0.960. The Morgan fingerprint density at radius 2 is 2.10 bits per heavy atom. The average Bonchev–Trinajstić information content (AvgIpc) is 2.93. The van der Waals surface area contributed by atoms with Crippen molar-refractivity contribution in [2.75, 3.05) is 12.1 Å². The molecule has 2 heterocycles. The molecule has 1 aliphatic heterocycles. The van der Waals surface area contributed by atoms with Gasteiger partial charge in [-0.15, -0.1) is 0 Å². The van der Waals surface area contributed by atoms with E-state index in [4.69, 9.17) is 27.4 Å². The largest absolute Gasteiger partial charge is 0.454 e. The van der Waals surface area contributed by atoms with Crippen molar-refractivity contribution in [2.45, 2.75) is 6.54 Å². The van der Waals surface area contributed by atoms with Gasteiger partial charge in [0.25, 0.3) is 0 Å². The zero-order chi connectivity index (χ0) is 13.9. The van der Waals surface area contributed by atoms with Crippen molar-refractivity contribution in [2.24, 2.45) is 5.73 Å². The van der Waals surface area contributed by atoms with Gasteiger partial charge in [-0.3, -0.25) is 4.98 Å². The van der Waals surface area contributed by atoms with Gasteiger partial charge in [-0.2, -0.15) is 0 Å². The highest BCUT2D eigenvalue weighted by molar-refractivity contribution is 7.80. The fraction of sp³-hybridized carbons (Fsp3) is 0.143. The average molecular weight is 287 g/mol. The molecule has 3 N–H and O–H groups in total. The normalized spacial score (nSPS) is 12.2. The fourth-order valence-electron chi connectivity index (χ4n) is 1.90. The van der Waals surface area contributed by atoms with E-state index < -0.39 is 0 Å². The molecule has 0 atom stereocenters. The van der Waals surface area contributed by atoms with Crippen molar-refractivity contribution in [3.8, 4) is 11.5 Å². The maximum Gasteiger partial charge on any atom is 0.231 e. The van der Waals surface area contributed by atoms with E-state index in [1.807, 2.05) is 24.3 Å². The van der Waals surface area contributed by atoms with Gasteiger partial charge in [0.2, 0.25) is 6.79 Å². The van der Waals surface area contributed by atoms with E-state index in [1.54, 1.807) is 12.3 Å². The van der Waals surface area contributed by atoms with Crippen LogP contribution in [0.3, 0.4) is 0 Å². The molecule has 0 saturated carbocycles. The summed E-state index contributed by atoms with van der Waals surface area (Å²) in [5.41, 5.74) is 8.13. The molecule has 0 bridgehead atoms. The summed E-state index contributed by atoms with van der Waals surface area (Å²) in [5, 5.41) is 3.28. The lowest BCUT2D eigenvalue weighted by atomic mass is 10.2. The first-order valence-electron chi connectivity index (χ1n) is 6.10. The Hall–Kier alpha value is -2.34. The Labute approximate surface area is 121 Å². The lowest BCUT2D eigenvalue weighted by Crippen LogP contribution is -2.11.